The molecular weight excluding hydrogens is 264 g/mol. The number of rotatable bonds is 7. The summed E-state index contributed by atoms with van der Waals surface area (Å²) in [4.78, 5) is 21.6. The van der Waals surface area contributed by atoms with Gasteiger partial charge in [0.2, 0.25) is 5.91 Å². The van der Waals surface area contributed by atoms with Crippen LogP contribution in [-0.4, -0.2) is 37.9 Å². The van der Waals surface area contributed by atoms with E-state index < -0.39 is 10.5 Å². The summed E-state index contributed by atoms with van der Waals surface area (Å²) in [5.74, 6) is -0.0392. The molecule has 112 valence electrons. The number of aliphatic hydroxyl groups is 1. The second-order valence-corrected chi connectivity index (χ2v) is 5.52. The lowest BCUT2D eigenvalue weighted by atomic mass is 9.94. The van der Waals surface area contributed by atoms with E-state index in [-0.39, 0.29) is 24.7 Å². The van der Waals surface area contributed by atoms with Crippen molar-refractivity contribution in [3.63, 3.8) is 0 Å². The van der Waals surface area contributed by atoms with Gasteiger partial charge in [0.15, 0.2) is 0 Å². The molecule has 20 heavy (non-hydrogen) atoms. The van der Waals surface area contributed by atoms with Gasteiger partial charge in [-0.15, -0.1) is 0 Å². The second-order valence-electron chi connectivity index (χ2n) is 5.52. The highest BCUT2D eigenvalue weighted by atomic mass is 16.6. The van der Waals surface area contributed by atoms with Crippen LogP contribution in [0.15, 0.2) is 12.4 Å². The van der Waals surface area contributed by atoms with Crippen molar-refractivity contribution in [1.82, 2.24) is 15.1 Å². The molecule has 8 nitrogen and oxygen atoms in total. The first kappa shape index (κ1) is 16.1. The molecule has 1 atom stereocenters. The largest absolute Gasteiger partial charge is 0.388 e. The third-order valence-corrected chi connectivity index (χ3v) is 2.65. The van der Waals surface area contributed by atoms with Gasteiger partial charge in [-0.2, -0.15) is 5.10 Å². The molecule has 0 aliphatic heterocycles. The van der Waals surface area contributed by atoms with Crippen molar-refractivity contribution in [3.8, 4) is 0 Å². The van der Waals surface area contributed by atoms with Crippen LogP contribution in [0.4, 0.5) is 5.69 Å². The van der Waals surface area contributed by atoms with Crippen molar-refractivity contribution < 1.29 is 14.8 Å². The first-order valence-corrected chi connectivity index (χ1v) is 6.35. The number of carbonyl (C=O) groups excluding carboxylic acids is 1. The molecule has 0 bridgehead atoms. The second kappa shape index (κ2) is 6.47. The van der Waals surface area contributed by atoms with Gasteiger partial charge in [-0.1, -0.05) is 13.8 Å². The Kier molecular flexibility index (Phi) is 5.20. The van der Waals surface area contributed by atoms with Gasteiger partial charge >= 0.3 is 5.69 Å². The number of nitro groups is 1. The standard InChI is InChI=1S/C12H20N4O4/c1-9(2)4-12(3,18)8-13-11(17)7-15-6-10(5-14-15)16(19)20/h5-6,9,18H,4,7-8H2,1-3H3,(H,13,17). The molecule has 1 amide bonds. The molecule has 0 saturated carbocycles. The predicted octanol–water partition coefficient (Wildman–Crippen LogP) is 0.705. The Morgan fingerprint density at radius 1 is 1.65 bits per heavy atom. The van der Waals surface area contributed by atoms with Crippen molar-refractivity contribution in [2.45, 2.75) is 39.3 Å². The van der Waals surface area contributed by atoms with E-state index in [9.17, 15) is 20.0 Å². The number of hydrogen-bond donors (Lipinski definition) is 2. The van der Waals surface area contributed by atoms with E-state index in [1.54, 1.807) is 6.92 Å². The van der Waals surface area contributed by atoms with Crippen LogP contribution >= 0.6 is 0 Å². The third-order valence-electron chi connectivity index (χ3n) is 2.65. The molecule has 0 aliphatic carbocycles. The fourth-order valence-electron chi connectivity index (χ4n) is 1.98. The van der Waals surface area contributed by atoms with E-state index in [1.807, 2.05) is 13.8 Å². The van der Waals surface area contributed by atoms with Crippen molar-refractivity contribution in [3.05, 3.63) is 22.5 Å². The molecule has 0 aromatic carbocycles. The summed E-state index contributed by atoms with van der Waals surface area (Å²) >= 11 is 0. The highest BCUT2D eigenvalue weighted by Crippen LogP contribution is 2.15. The maximum atomic E-state index is 11.7. The molecule has 0 aliphatic rings. The Hall–Kier alpha value is -1.96. The van der Waals surface area contributed by atoms with Gasteiger partial charge in [-0.05, 0) is 19.3 Å². The van der Waals surface area contributed by atoms with Gasteiger partial charge in [-0.25, -0.2) is 0 Å². The van der Waals surface area contributed by atoms with E-state index in [4.69, 9.17) is 0 Å². The van der Waals surface area contributed by atoms with Gasteiger partial charge in [-0.3, -0.25) is 19.6 Å². The molecule has 1 heterocycles. The first-order valence-electron chi connectivity index (χ1n) is 6.35. The fourth-order valence-corrected chi connectivity index (χ4v) is 1.98. The quantitative estimate of drug-likeness (QED) is 0.565. The first-order chi connectivity index (χ1) is 9.19. The van der Waals surface area contributed by atoms with Crippen LogP contribution in [0, 0.1) is 16.0 Å². The van der Waals surface area contributed by atoms with Gasteiger partial charge in [0.1, 0.15) is 18.9 Å². The van der Waals surface area contributed by atoms with Crippen molar-refractivity contribution in [2.24, 2.45) is 5.92 Å². The summed E-state index contributed by atoms with van der Waals surface area (Å²) in [7, 11) is 0. The molecular formula is C12H20N4O4. The Morgan fingerprint density at radius 2 is 2.30 bits per heavy atom. The molecule has 0 spiro atoms. The van der Waals surface area contributed by atoms with E-state index in [1.165, 1.54) is 10.9 Å². The van der Waals surface area contributed by atoms with Crippen molar-refractivity contribution in [2.75, 3.05) is 6.54 Å². The minimum atomic E-state index is -0.972. The Balaban J connectivity index is 2.45. The summed E-state index contributed by atoms with van der Waals surface area (Å²) in [6.45, 7) is 5.64. The van der Waals surface area contributed by atoms with E-state index in [2.05, 4.69) is 10.4 Å². The number of amides is 1. The smallest absolute Gasteiger partial charge is 0.307 e. The number of carbonyl (C=O) groups is 1. The number of nitrogens with zero attached hydrogens (tertiary/aromatic N) is 3. The Labute approximate surface area is 116 Å². The maximum Gasteiger partial charge on any atom is 0.307 e. The highest BCUT2D eigenvalue weighted by molar-refractivity contribution is 5.75. The third kappa shape index (κ3) is 5.35. The van der Waals surface area contributed by atoms with Crippen LogP contribution in [0.25, 0.3) is 0 Å². The monoisotopic (exact) mass is 284 g/mol. The maximum absolute atomic E-state index is 11.7. The lowest BCUT2D eigenvalue weighted by Gasteiger charge is -2.25. The molecule has 1 aromatic heterocycles. The molecule has 1 aromatic rings. The average molecular weight is 284 g/mol. The van der Waals surface area contributed by atoms with Crippen molar-refractivity contribution >= 4 is 11.6 Å². The lowest BCUT2D eigenvalue weighted by molar-refractivity contribution is -0.385. The molecule has 1 unspecified atom stereocenters. The molecule has 0 fully saturated rings. The molecule has 0 saturated heterocycles. The Bertz CT molecular complexity index is 482. The van der Waals surface area contributed by atoms with Gasteiger partial charge in [0, 0.05) is 6.54 Å². The molecule has 1 rings (SSSR count). The van der Waals surface area contributed by atoms with Crippen molar-refractivity contribution in [1.29, 1.82) is 0 Å². The normalized spacial score (nSPS) is 14.1. The van der Waals surface area contributed by atoms with Crippen LogP contribution in [0.1, 0.15) is 27.2 Å². The summed E-state index contributed by atoms with van der Waals surface area (Å²) in [5, 5.41) is 26.8. The summed E-state index contributed by atoms with van der Waals surface area (Å²) in [6.07, 6.45) is 2.84. The van der Waals surface area contributed by atoms with Gasteiger partial charge < -0.3 is 10.4 Å². The van der Waals surface area contributed by atoms with Crippen LogP contribution in [0.5, 0.6) is 0 Å². The molecule has 2 N–H and O–H groups in total. The number of aromatic nitrogens is 2. The zero-order chi connectivity index (χ0) is 15.3. The van der Waals surface area contributed by atoms with Crippen LogP contribution in [0.3, 0.4) is 0 Å². The minimum Gasteiger partial charge on any atom is -0.388 e. The van der Waals surface area contributed by atoms with E-state index in [0.29, 0.717) is 12.3 Å². The van der Waals surface area contributed by atoms with Crippen LogP contribution in [0.2, 0.25) is 0 Å². The number of nitrogens with one attached hydrogen (secondary N) is 1. The SMILES string of the molecule is CC(C)CC(C)(O)CNC(=O)Cn1cc([N+](=O)[O-])cn1. The zero-order valence-corrected chi connectivity index (χ0v) is 11.9. The van der Waals surface area contributed by atoms with E-state index in [0.717, 1.165) is 6.20 Å². The molecule has 8 heteroatoms. The summed E-state index contributed by atoms with van der Waals surface area (Å²) in [5.41, 5.74) is -1.13. The summed E-state index contributed by atoms with van der Waals surface area (Å²) in [6, 6.07) is 0. The minimum absolute atomic E-state index is 0.119. The van der Waals surface area contributed by atoms with Crippen LogP contribution < -0.4 is 5.32 Å². The highest BCUT2D eigenvalue weighted by Gasteiger charge is 2.22. The number of hydrogen-bond acceptors (Lipinski definition) is 5. The van der Waals surface area contributed by atoms with Crippen LogP contribution in [-0.2, 0) is 11.3 Å². The summed E-state index contributed by atoms with van der Waals surface area (Å²) < 4.78 is 1.19. The average Bonchev–Trinajstić information content (AvgIpc) is 2.73. The Morgan fingerprint density at radius 3 is 2.80 bits per heavy atom. The van der Waals surface area contributed by atoms with E-state index >= 15 is 0 Å². The predicted molar refractivity (Wildman–Crippen MR) is 72.0 cm³/mol. The van der Waals surface area contributed by atoms with Gasteiger partial charge in [0.05, 0.1) is 10.5 Å². The topological polar surface area (TPSA) is 110 Å². The fraction of sp³-hybridized carbons (Fsp3) is 0.667. The lowest BCUT2D eigenvalue weighted by Crippen LogP contribution is -2.42. The molecule has 0 radical (unpaired) electrons. The zero-order valence-electron chi connectivity index (χ0n) is 11.9. The van der Waals surface area contributed by atoms with Gasteiger partial charge in [0.25, 0.3) is 0 Å².